The molecule has 3 heterocycles. The van der Waals surface area contributed by atoms with E-state index in [1.54, 1.807) is 12.4 Å². The van der Waals surface area contributed by atoms with Crippen LogP contribution in [0.15, 0.2) is 12.4 Å². The molecule has 1 aromatic heterocycles. The number of anilines is 1. The number of fused-ring (bicyclic) bond motifs is 1. The van der Waals surface area contributed by atoms with Crippen molar-refractivity contribution in [2.24, 2.45) is 11.3 Å². The minimum atomic E-state index is -0.635. The van der Waals surface area contributed by atoms with E-state index >= 15 is 0 Å². The van der Waals surface area contributed by atoms with E-state index < -0.39 is 11.4 Å². The molecule has 0 unspecified atom stereocenters. The molecule has 4 rings (SSSR count). The van der Waals surface area contributed by atoms with Crippen LogP contribution in [-0.2, 0) is 11.3 Å². The second-order valence-corrected chi connectivity index (χ2v) is 7.65. The fraction of sp³-hybridized carbons (Fsp3) is 0.706. The van der Waals surface area contributed by atoms with Gasteiger partial charge in [-0.25, -0.2) is 9.97 Å². The standard InChI is InChI=1S/C17H25N5O2/c18-16-19-5-12(6-20-16)7-21-8-13-9-22(14-3-1-2-4-14)11-17(13,10-21)15(23)24/h5-6,13-14H,1-4,7-11H2,(H,23,24)(H2,18,19,20)/t13-,17-/m1/s1. The normalized spacial score (nSPS) is 31.6. The lowest BCUT2D eigenvalue weighted by molar-refractivity contribution is -0.149. The molecule has 1 saturated carbocycles. The maximum Gasteiger partial charge on any atom is 0.312 e. The fourth-order valence-electron chi connectivity index (χ4n) is 4.88. The lowest BCUT2D eigenvalue weighted by Crippen LogP contribution is -2.42. The average Bonchev–Trinajstić information content (AvgIpc) is 3.23. The summed E-state index contributed by atoms with van der Waals surface area (Å²) in [5.74, 6) is -0.152. The van der Waals surface area contributed by atoms with Gasteiger partial charge in [0.2, 0.25) is 5.95 Å². The van der Waals surface area contributed by atoms with Crippen LogP contribution in [0.2, 0.25) is 0 Å². The van der Waals surface area contributed by atoms with Crippen LogP contribution in [0.3, 0.4) is 0 Å². The number of hydrogen-bond acceptors (Lipinski definition) is 6. The Labute approximate surface area is 141 Å². The third-order valence-corrected chi connectivity index (χ3v) is 6.10. The Hall–Kier alpha value is -1.73. The summed E-state index contributed by atoms with van der Waals surface area (Å²) in [5, 5.41) is 9.96. The number of nitrogens with two attached hydrogens (primary N) is 1. The molecular weight excluding hydrogens is 306 g/mol. The topological polar surface area (TPSA) is 95.6 Å². The minimum absolute atomic E-state index is 0.213. The fourth-order valence-corrected chi connectivity index (χ4v) is 4.88. The summed E-state index contributed by atoms with van der Waals surface area (Å²) in [6.45, 7) is 3.76. The van der Waals surface area contributed by atoms with Crippen LogP contribution >= 0.6 is 0 Å². The Morgan fingerprint density at radius 3 is 2.58 bits per heavy atom. The van der Waals surface area contributed by atoms with Crippen LogP contribution in [0, 0.1) is 11.3 Å². The predicted octanol–water partition coefficient (Wildman–Crippen LogP) is 0.820. The average molecular weight is 331 g/mol. The van der Waals surface area contributed by atoms with Crippen molar-refractivity contribution in [3.63, 3.8) is 0 Å². The zero-order chi connectivity index (χ0) is 16.7. The van der Waals surface area contributed by atoms with E-state index in [1.807, 2.05) is 0 Å². The molecule has 3 aliphatic rings. The molecule has 2 saturated heterocycles. The Bertz CT molecular complexity index is 616. The highest BCUT2D eigenvalue weighted by Crippen LogP contribution is 2.45. The number of aromatic nitrogens is 2. The number of likely N-dealkylation sites (tertiary alicyclic amines) is 2. The molecule has 1 aliphatic carbocycles. The van der Waals surface area contributed by atoms with E-state index in [1.165, 1.54) is 25.7 Å². The number of carboxylic acids is 1. The number of aliphatic carboxylic acids is 1. The van der Waals surface area contributed by atoms with E-state index in [-0.39, 0.29) is 11.9 Å². The van der Waals surface area contributed by atoms with E-state index in [2.05, 4.69) is 19.8 Å². The van der Waals surface area contributed by atoms with Crippen molar-refractivity contribution in [1.82, 2.24) is 19.8 Å². The third-order valence-electron chi connectivity index (χ3n) is 6.10. The molecule has 2 aliphatic heterocycles. The number of rotatable bonds is 4. The van der Waals surface area contributed by atoms with E-state index in [0.29, 0.717) is 25.7 Å². The van der Waals surface area contributed by atoms with Crippen LogP contribution in [0.1, 0.15) is 31.2 Å². The molecule has 0 spiro atoms. The Morgan fingerprint density at radius 2 is 1.96 bits per heavy atom. The van der Waals surface area contributed by atoms with Gasteiger partial charge in [0, 0.05) is 62.6 Å². The first kappa shape index (κ1) is 15.8. The largest absolute Gasteiger partial charge is 0.481 e. The van der Waals surface area contributed by atoms with Crippen molar-refractivity contribution >= 4 is 11.9 Å². The van der Waals surface area contributed by atoms with Gasteiger partial charge in [-0.2, -0.15) is 0 Å². The second kappa shape index (κ2) is 5.97. The molecule has 3 fully saturated rings. The van der Waals surface area contributed by atoms with Gasteiger partial charge in [0.05, 0.1) is 5.41 Å². The number of nitrogens with zero attached hydrogens (tertiary/aromatic N) is 4. The van der Waals surface area contributed by atoms with Gasteiger partial charge in [-0.05, 0) is 12.8 Å². The predicted molar refractivity (Wildman–Crippen MR) is 89.1 cm³/mol. The first-order valence-electron chi connectivity index (χ1n) is 8.83. The summed E-state index contributed by atoms with van der Waals surface area (Å²) < 4.78 is 0. The molecule has 0 radical (unpaired) electrons. The van der Waals surface area contributed by atoms with Gasteiger partial charge in [-0.1, -0.05) is 12.8 Å². The lowest BCUT2D eigenvalue weighted by Gasteiger charge is -2.28. The zero-order valence-electron chi connectivity index (χ0n) is 13.9. The quantitative estimate of drug-likeness (QED) is 0.843. The summed E-state index contributed by atoms with van der Waals surface area (Å²) in [7, 11) is 0. The third kappa shape index (κ3) is 2.65. The SMILES string of the molecule is Nc1ncc(CN2C[C@@H]3CN(C4CCCC4)C[C@]3(C(=O)O)C2)cn1. The Morgan fingerprint density at radius 1 is 1.25 bits per heavy atom. The molecule has 0 amide bonds. The van der Waals surface area contributed by atoms with E-state index in [4.69, 9.17) is 5.73 Å². The van der Waals surface area contributed by atoms with Gasteiger partial charge in [0.1, 0.15) is 0 Å². The molecule has 24 heavy (non-hydrogen) atoms. The maximum atomic E-state index is 12.1. The molecule has 2 atom stereocenters. The molecule has 7 nitrogen and oxygen atoms in total. The van der Waals surface area contributed by atoms with Crippen molar-refractivity contribution < 1.29 is 9.90 Å². The summed E-state index contributed by atoms with van der Waals surface area (Å²) in [6.07, 6.45) is 8.50. The second-order valence-electron chi connectivity index (χ2n) is 7.65. The summed E-state index contributed by atoms with van der Waals surface area (Å²) in [6, 6.07) is 0.603. The molecule has 0 aromatic carbocycles. The van der Waals surface area contributed by atoms with Crippen LogP contribution in [0.4, 0.5) is 5.95 Å². The van der Waals surface area contributed by atoms with Gasteiger partial charge >= 0.3 is 5.97 Å². The van der Waals surface area contributed by atoms with Crippen LogP contribution < -0.4 is 5.73 Å². The Balaban J connectivity index is 1.46. The molecule has 7 heteroatoms. The van der Waals surface area contributed by atoms with Crippen molar-refractivity contribution in [1.29, 1.82) is 0 Å². The highest BCUT2D eigenvalue weighted by atomic mass is 16.4. The van der Waals surface area contributed by atoms with Crippen molar-refractivity contribution in [3.05, 3.63) is 18.0 Å². The molecule has 1 aromatic rings. The van der Waals surface area contributed by atoms with Gasteiger partial charge in [0.25, 0.3) is 0 Å². The lowest BCUT2D eigenvalue weighted by atomic mass is 9.81. The summed E-state index contributed by atoms with van der Waals surface area (Å²) in [4.78, 5) is 24.9. The smallest absolute Gasteiger partial charge is 0.312 e. The molecule has 0 bridgehead atoms. The number of carbonyl (C=O) groups is 1. The van der Waals surface area contributed by atoms with Crippen molar-refractivity contribution in [2.75, 3.05) is 31.9 Å². The highest BCUT2D eigenvalue weighted by molar-refractivity contribution is 5.77. The monoisotopic (exact) mass is 331 g/mol. The van der Waals surface area contributed by atoms with Crippen LogP contribution in [0.5, 0.6) is 0 Å². The van der Waals surface area contributed by atoms with Gasteiger partial charge in [0.15, 0.2) is 0 Å². The van der Waals surface area contributed by atoms with Crippen molar-refractivity contribution in [2.45, 2.75) is 38.3 Å². The van der Waals surface area contributed by atoms with Crippen molar-refractivity contribution in [3.8, 4) is 0 Å². The molecule has 130 valence electrons. The molecular formula is C17H25N5O2. The minimum Gasteiger partial charge on any atom is -0.481 e. The number of nitrogen functional groups attached to an aromatic ring is 1. The summed E-state index contributed by atoms with van der Waals surface area (Å²) >= 11 is 0. The van der Waals surface area contributed by atoms with E-state index in [9.17, 15) is 9.90 Å². The first-order chi connectivity index (χ1) is 11.6. The van der Waals surface area contributed by atoms with E-state index in [0.717, 1.165) is 18.7 Å². The summed E-state index contributed by atoms with van der Waals surface area (Å²) in [5.41, 5.74) is 5.90. The first-order valence-corrected chi connectivity index (χ1v) is 8.83. The number of carboxylic acid groups (broad SMARTS) is 1. The van der Waals surface area contributed by atoms with Gasteiger partial charge in [-0.3, -0.25) is 14.6 Å². The zero-order valence-corrected chi connectivity index (χ0v) is 13.9. The Kier molecular flexibility index (Phi) is 3.92. The van der Waals surface area contributed by atoms with Gasteiger partial charge in [-0.15, -0.1) is 0 Å². The maximum absolute atomic E-state index is 12.1. The highest BCUT2D eigenvalue weighted by Gasteiger charge is 2.58. The van der Waals surface area contributed by atoms with Gasteiger partial charge < -0.3 is 10.8 Å². The van der Waals surface area contributed by atoms with Crippen LogP contribution in [-0.4, -0.2) is 63.1 Å². The molecule has 3 N–H and O–H groups in total. The number of hydrogen-bond donors (Lipinski definition) is 2. The van der Waals surface area contributed by atoms with Crippen LogP contribution in [0.25, 0.3) is 0 Å².